The van der Waals surface area contributed by atoms with E-state index in [1.54, 1.807) is 0 Å². The molecular formula is C22H26Cl2N2O. The molecule has 0 amide bonds. The van der Waals surface area contributed by atoms with Gasteiger partial charge in [-0.25, -0.2) is 0 Å². The highest BCUT2D eigenvalue weighted by Crippen LogP contribution is 2.41. The normalized spacial score (nSPS) is 19.7. The largest absolute Gasteiger partial charge is 0.388 e. The van der Waals surface area contributed by atoms with Crippen molar-refractivity contribution in [3.05, 3.63) is 62.6 Å². The van der Waals surface area contributed by atoms with E-state index < -0.39 is 5.60 Å². The van der Waals surface area contributed by atoms with Crippen LogP contribution in [0.1, 0.15) is 35.1 Å². The summed E-state index contributed by atoms with van der Waals surface area (Å²) in [6.45, 7) is 10.6. The molecular weight excluding hydrogens is 379 g/mol. The van der Waals surface area contributed by atoms with Gasteiger partial charge in [0.15, 0.2) is 0 Å². The number of aliphatic hydroxyl groups is 1. The van der Waals surface area contributed by atoms with Crippen molar-refractivity contribution in [3.8, 4) is 0 Å². The van der Waals surface area contributed by atoms with E-state index in [9.17, 15) is 5.11 Å². The first-order valence-electron chi connectivity index (χ1n) is 9.47. The minimum absolute atomic E-state index is 0.382. The maximum absolute atomic E-state index is 9.92. The Morgan fingerprint density at radius 3 is 2.15 bits per heavy atom. The Morgan fingerprint density at radius 2 is 1.63 bits per heavy atom. The topological polar surface area (TPSA) is 26.7 Å². The van der Waals surface area contributed by atoms with E-state index in [4.69, 9.17) is 23.2 Å². The van der Waals surface area contributed by atoms with Gasteiger partial charge in [-0.15, -0.1) is 0 Å². The van der Waals surface area contributed by atoms with Crippen LogP contribution in [0.5, 0.6) is 0 Å². The Labute approximate surface area is 171 Å². The van der Waals surface area contributed by atoms with Crippen LogP contribution in [-0.2, 0) is 6.54 Å². The van der Waals surface area contributed by atoms with Crippen LogP contribution in [0, 0.1) is 13.8 Å². The fourth-order valence-corrected chi connectivity index (χ4v) is 5.37. The number of benzene rings is 2. The van der Waals surface area contributed by atoms with Gasteiger partial charge in [0.25, 0.3) is 0 Å². The van der Waals surface area contributed by atoms with Gasteiger partial charge in [-0.2, -0.15) is 0 Å². The zero-order chi connectivity index (χ0) is 19.3. The Kier molecular flexibility index (Phi) is 4.92. The molecule has 0 atom stereocenters. The molecule has 0 bridgehead atoms. The van der Waals surface area contributed by atoms with Crippen molar-refractivity contribution in [2.75, 3.05) is 31.1 Å². The van der Waals surface area contributed by atoms with E-state index in [0.29, 0.717) is 5.92 Å². The van der Waals surface area contributed by atoms with Gasteiger partial charge in [-0.3, -0.25) is 4.90 Å². The average Bonchev–Trinajstić information content (AvgIpc) is 2.48. The van der Waals surface area contributed by atoms with Gasteiger partial charge in [0.2, 0.25) is 0 Å². The lowest BCUT2D eigenvalue weighted by Gasteiger charge is -2.45. The number of anilines is 1. The van der Waals surface area contributed by atoms with Gasteiger partial charge in [-0.1, -0.05) is 41.4 Å². The van der Waals surface area contributed by atoms with Gasteiger partial charge in [0.05, 0.1) is 5.60 Å². The second-order valence-electron chi connectivity index (χ2n) is 8.46. The summed E-state index contributed by atoms with van der Waals surface area (Å²) >= 11 is 12.8. The summed E-state index contributed by atoms with van der Waals surface area (Å²) in [6.07, 6.45) is 0. The average molecular weight is 405 g/mol. The van der Waals surface area contributed by atoms with E-state index in [1.165, 1.54) is 22.4 Å². The van der Waals surface area contributed by atoms with Crippen molar-refractivity contribution < 1.29 is 5.11 Å². The van der Waals surface area contributed by atoms with Crippen LogP contribution in [-0.4, -0.2) is 41.8 Å². The standard InChI is InChI=1S/C22H26Cl2N2O/c1-14-7-16(9-25-12-22(3,27)13-25)8-15(2)21(14)26-10-17(11-26)20-18(23)5-4-6-19(20)24/h4-8,17,27H,9-13H2,1-3H3. The Bertz CT molecular complexity index is 823. The minimum atomic E-state index is -0.517. The lowest BCUT2D eigenvalue weighted by molar-refractivity contribution is -0.0871. The third-order valence-electron chi connectivity index (χ3n) is 5.69. The lowest BCUT2D eigenvalue weighted by atomic mass is 9.89. The number of likely N-dealkylation sites (tertiary alicyclic amines) is 1. The number of hydrogen-bond donors (Lipinski definition) is 1. The van der Waals surface area contributed by atoms with E-state index in [0.717, 1.165) is 48.3 Å². The van der Waals surface area contributed by atoms with Gasteiger partial charge in [-0.05, 0) is 55.2 Å². The van der Waals surface area contributed by atoms with Gasteiger partial charge in [0, 0.05) is 54.4 Å². The minimum Gasteiger partial charge on any atom is -0.388 e. The van der Waals surface area contributed by atoms with Crippen LogP contribution in [0.4, 0.5) is 5.69 Å². The van der Waals surface area contributed by atoms with Gasteiger partial charge in [0.1, 0.15) is 0 Å². The molecule has 144 valence electrons. The monoisotopic (exact) mass is 404 g/mol. The van der Waals surface area contributed by atoms with Crippen LogP contribution in [0.2, 0.25) is 10.0 Å². The van der Waals surface area contributed by atoms with Crippen LogP contribution in [0.25, 0.3) is 0 Å². The number of aryl methyl sites for hydroxylation is 2. The number of nitrogens with zero attached hydrogens (tertiary/aromatic N) is 2. The summed E-state index contributed by atoms with van der Waals surface area (Å²) < 4.78 is 0. The number of rotatable bonds is 4. The van der Waals surface area contributed by atoms with E-state index >= 15 is 0 Å². The second-order valence-corrected chi connectivity index (χ2v) is 9.27. The number of β-amino-alcohol motifs (C(OH)–C–C–N with tert-alkyl or cyclic N) is 1. The van der Waals surface area contributed by atoms with Gasteiger partial charge < -0.3 is 10.0 Å². The fraction of sp³-hybridized carbons (Fsp3) is 0.455. The molecule has 2 fully saturated rings. The summed E-state index contributed by atoms with van der Waals surface area (Å²) in [5.74, 6) is 0.382. The molecule has 1 N–H and O–H groups in total. The summed E-state index contributed by atoms with van der Waals surface area (Å²) in [5.41, 5.74) is 5.82. The molecule has 2 heterocycles. The molecule has 27 heavy (non-hydrogen) atoms. The fourth-order valence-electron chi connectivity index (χ4n) is 4.67. The van der Waals surface area contributed by atoms with Crippen LogP contribution >= 0.6 is 23.2 Å². The van der Waals surface area contributed by atoms with E-state index in [1.807, 2.05) is 25.1 Å². The summed E-state index contributed by atoms with van der Waals surface area (Å²) in [4.78, 5) is 4.71. The molecule has 2 aromatic carbocycles. The Hall–Kier alpha value is -1.26. The predicted octanol–water partition coefficient (Wildman–Crippen LogP) is 4.78. The van der Waals surface area contributed by atoms with Crippen LogP contribution < -0.4 is 4.90 Å². The first-order valence-corrected chi connectivity index (χ1v) is 10.2. The zero-order valence-corrected chi connectivity index (χ0v) is 17.6. The molecule has 4 rings (SSSR count). The highest BCUT2D eigenvalue weighted by molar-refractivity contribution is 6.36. The van der Waals surface area contributed by atoms with Crippen LogP contribution in [0.3, 0.4) is 0 Å². The SMILES string of the molecule is Cc1cc(CN2CC(C)(O)C2)cc(C)c1N1CC(c2c(Cl)cccc2Cl)C1. The lowest BCUT2D eigenvalue weighted by Crippen LogP contribution is -2.59. The summed E-state index contributed by atoms with van der Waals surface area (Å²) in [7, 11) is 0. The summed E-state index contributed by atoms with van der Waals surface area (Å²) in [5, 5.41) is 11.4. The molecule has 2 saturated heterocycles. The smallest absolute Gasteiger partial charge is 0.0872 e. The van der Waals surface area contributed by atoms with Crippen LogP contribution in [0.15, 0.2) is 30.3 Å². The molecule has 0 unspecified atom stereocenters. The third-order valence-corrected chi connectivity index (χ3v) is 6.35. The van der Waals surface area contributed by atoms with Crippen molar-refractivity contribution in [1.82, 2.24) is 4.90 Å². The maximum Gasteiger partial charge on any atom is 0.0872 e. The molecule has 2 aromatic rings. The molecule has 0 spiro atoms. The molecule has 0 radical (unpaired) electrons. The van der Waals surface area contributed by atoms with Crippen molar-refractivity contribution in [3.63, 3.8) is 0 Å². The molecule has 2 aliphatic rings. The third kappa shape index (κ3) is 3.71. The molecule has 0 aliphatic carbocycles. The van der Waals surface area contributed by atoms with Crippen molar-refractivity contribution >= 4 is 28.9 Å². The molecule has 2 aliphatic heterocycles. The number of hydrogen-bond acceptors (Lipinski definition) is 3. The molecule has 3 nitrogen and oxygen atoms in total. The first-order chi connectivity index (χ1) is 12.7. The first kappa shape index (κ1) is 19.1. The molecule has 0 aromatic heterocycles. The Balaban J connectivity index is 1.46. The summed E-state index contributed by atoms with van der Waals surface area (Å²) in [6, 6.07) is 10.3. The number of halogens is 2. The second kappa shape index (κ2) is 6.97. The zero-order valence-electron chi connectivity index (χ0n) is 16.1. The van der Waals surface area contributed by atoms with Crippen molar-refractivity contribution in [2.45, 2.75) is 38.8 Å². The highest BCUT2D eigenvalue weighted by atomic mass is 35.5. The predicted molar refractivity (Wildman–Crippen MR) is 113 cm³/mol. The van der Waals surface area contributed by atoms with Crippen molar-refractivity contribution in [1.29, 1.82) is 0 Å². The molecule has 0 saturated carbocycles. The van der Waals surface area contributed by atoms with Gasteiger partial charge >= 0.3 is 0 Å². The maximum atomic E-state index is 9.92. The highest BCUT2D eigenvalue weighted by Gasteiger charge is 2.36. The quantitative estimate of drug-likeness (QED) is 0.793. The Morgan fingerprint density at radius 1 is 1.07 bits per heavy atom. The van der Waals surface area contributed by atoms with E-state index in [-0.39, 0.29) is 0 Å². The molecule has 5 heteroatoms. The van der Waals surface area contributed by atoms with E-state index in [2.05, 4.69) is 35.8 Å². The van der Waals surface area contributed by atoms with Crippen molar-refractivity contribution in [2.24, 2.45) is 0 Å².